The highest BCUT2D eigenvalue weighted by Gasteiger charge is 2.33. The Hall–Kier alpha value is -3.35. The Kier molecular flexibility index (Phi) is 8.20. The fourth-order valence-electron chi connectivity index (χ4n) is 4.54. The Morgan fingerprint density at radius 1 is 0.971 bits per heavy atom. The summed E-state index contributed by atoms with van der Waals surface area (Å²) in [5.41, 5.74) is 4.18. The number of aliphatic carboxylic acids is 1. The van der Waals surface area contributed by atoms with Gasteiger partial charge in [0, 0.05) is 5.92 Å². The number of carbonyl (C=O) groups excluding carboxylic acids is 2. The zero-order valence-electron chi connectivity index (χ0n) is 21.1. The molecule has 7 heteroatoms. The minimum absolute atomic E-state index is 0.0927. The number of benzene rings is 2. The van der Waals surface area contributed by atoms with Gasteiger partial charge in [0.15, 0.2) is 0 Å². The molecule has 7 nitrogen and oxygen atoms in total. The number of carboxylic acid groups (broad SMARTS) is 1. The van der Waals surface area contributed by atoms with Crippen molar-refractivity contribution in [3.05, 3.63) is 59.7 Å². The molecule has 2 aromatic carbocycles. The predicted octanol–water partition coefficient (Wildman–Crippen LogP) is 4.95. The summed E-state index contributed by atoms with van der Waals surface area (Å²) < 4.78 is 5.61. The van der Waals surface area contributed by atoms with Crippen LogP contribution in [0.1, 0.15) is 64.5 Å². The molecular weight excluding hydrogens is 444 g/mol. The number of carboxylic acids is 1. The normalized spacial score (nSPS) is 15.3. The van der Waals surface area contributed by atoms with Crippen LogP contribution in [0.3, 0.4) is 0 Å². The summed E-state index contributed by atoms with van der Waals surface area (Å²) in [5.74, 6) is -1.96. The molecule has 0 heterocycles. The van der Waals surface area contributed by atoms with Gasteiger partial charge in [-0.2, -0.15) is 0 Å². The lowest BCUT2D eigenvalue weighted by atomic mass is 9.87. The summed E-state index contributed by atoms with van der Waals surface area (Å²) in [6.45, 7) is 9.64. The molecule has 0 spiro atoms. The zero-order valence-corrected chi connectivity index (χ0v) is 21.1. The summed E-state index contributed by atoms with van der Waals surface area (Å²) in [4.78, 5) is 37.5. The van der Waals surface area contributed by atoms with Crippen molar-refractivity contribution in [2.75, 3.05) is 6.61 Å². The molecule has 2 unspecified atom stereocenters. The summed E-state index contributed by atoms with van der Waals surface area (Å²) in [5, 5.41) is 14.8. The maximum atomic E-state index is 13.0. The molecule has 2 amide bonds. The standard InChI is InChI=1S/C28H36N2O5/c1-6-17(2)24(26(32)33)30-25(31)23(15-28(3,4)5)29-27(34)35-16-22-20-13-9-7-11-18(20)19-12-8-10-14-21(19)22/h7-14,17,22-24H,6,15-16H2,1-5H3,(H,29,34)(H,30,31)(H,32,33)/t17?,23?,24-/m0/s1. The third-order valence-corrected chi connectivity index (χ3v) is 6.55. The Bertz CT molecular complexity index is 1030. The van der Waals surface area contributed by atoms with Crippen LogP contribution >= 0.6 is 0 Å². The molecule has 188 valence electrons. The second kappa shape index (κ2) is 10.9. The van der Waals surface area contributed by atoms with Gasteiger partial charge in [0.25, 0.3) is 0 Å². The second-order valence-electron chi connectivity index (χ2n) is 10.5. The molecule has 0 aromatic heterocycles. The van der Waals surface area contributed by atoms with E-state index in [-0.39, 0.29) is 23.9 Å². The minimum atomic E-state index is -1.09. The number of rotatable bonds is 9. The van der Waals surface area contributed by atoms with Gasteiger partial charge in [0.1, 0.15) is 18.7 Å². The van der Waals surface area contributed by atoms with E-state index in [1.807, 2.05) is 64.1 Å². The topological polar surface area (TPSA) is 105 Å². The first kappa shape index (κ1) is 26.3. The van der Waals surface area contributed by atoms with E-state index in [2.05, 4.69) is 22.8 Å². The molecule has 0 fully saturated rings. The number of carbonyl (C=O) groups is 3. The first-order chi connectivity index (χ1) is 16.5. The van der Waals surface area contributed by atoms with Gasteiger partial charge in [-0.15, -0.1) is 0 Å². The lowest BCUT2D eigenvalue weighted by Crippen LogP contribution is -2.54. The lowest BCUT2D eigenvalue weighted by Gasteiger charge is -2.28. The Balaban J connectivity index is 1.70. The third-order valence-electron chi connectivity index (χ3n) is 6.55. The molecular formula is C28H36N2O5. The molecule has 1 aliphatic carbocycles. The Morgan fingerprint density at radius 3 is 2.00 bits per heavy atom. The number of hydrogen-bond acceptors (Lipinski definition) is 4. The van der Waals surface area contributed by atoms with Crippen LogP contribution < -0.4 is 10.6 Å². The van der Waals surface area contributed by atoms with Crippen molar-refractivity contribution in [3.63, 3.8) is 0 Å². The summed E-state index contributed by atoms with van der Waals surface area (Å²) >= 11 is 0. The third kappa shape index (κ3) is 6.41. The number of alkyl carbamates (subject to hydrolysis) is 1. The average molecular weight is 481 g/mol. The van der Waals surface area contributed by atoms with Gasteiger partial charge < -0.3 is 20.5 Å². The fraction of sp³-hybridized carbons (Fsp3) is 0.464. The molecule has 0 aliphatic heterocycles. The predicted molar refractivity (Wildman–Crippen MR) is 135 cm³/mol. The van der Waals surface area contributed by atoms with E-state index in [0.717, 1.165) is 22.3 Å². The van der Waals surface area contributed by atoms with Gasteiger partial charge in [-0.05, 0) is 40.0 Å². The number of ether oxygens (including phenoxy) is 1. The van der Waals surface area contributed by atoms with Crippen LogP contribution in [0.15, 0.2) is 48.5 Å². The van der Waals surface area contributed by atoms with E-state index >= 15 is 0 Å². The molecule has 1 aliphatic rings. The highest BCUT2D eigenvalue weighted by molar-refractivity contribution is 5.89. The van der Waals surface area contributed by atoms with Gasteiger partial charge in [-0.1, -0.05) is 89.6 Å². The van der Waals surface area contributed by atoms with E-state index in [4.69, 9.17) is 4.74 Å². The maximum Gasteiger partial charge on any atom is 0.407 e. The lowest BCUT2D eigenvalue weighted by molar-refractivity contribution is -0.143. The van der Waals surface area contributed by atoms with Crippen molar-refractivity contribution in [1.29, 1.82) is 0 Å². The van der Waals surface area contributed by atoms with Crippen molar-refractivity contribution in [3.8, 4) is 11.1 Å². The van der Waals surface area contributed by atoms with E-state index in [9.17, 15) is 19.5 Å². The van der Waals surface area contributed by atoms with Crippen molar-refractivity contribution in [1.82, 2.24) is 10.6 Å². The maximum absolute atomic E-state index is 13.0. The van der Waals surface area contributed by atoms with E-state index in [1.54, 1.807) is 6.92 Å². The smallest absolute Gasteiger partial charge is 0.407 e. The van der Waals surface area contributed by atoms with E-state index in [1.165, 1.54) is 0 Å². The van der Waals surface area contributed by atoms with Crippen LogP contribution in [0.5, 0.6) is 0 Å². The molecule has 0 bridgehead atoms. The summed E-state index contributed by atoms with van der Waals surface area (Å²) in [6.07, 6.45) is 0.225. The van der Waals surface area contributed by atoms with Gasteiger partial charge in [0.2, 0.25) is 5.91 Å². The largest absolute Gasteiger partial charge is 0.480 e. The molecule has 3 rings (SSSR count). The Labute approximate surface area is 207 Å². The minimum Gasteiger partial charge on any atom is -0.480 e. The van der Waals surface area contributed by atoms with Crippen LogP contribution in [0.4, 0.5) is 4.79 Å². The summed E-state index contributed by atoms with van der Waals surface area (Å²) in [6, 6.07) is 14.2. The molecule has 35 heavy (non-hydrogen) atoms. The molecule has 0 saturated carbocycles. The van der Waals surface area contributed by atoms with Crippen LogP contribution in [0.2, 0.25) is 0 Å². The number of hydrogen-bond donors (Lipinski definition) is 3. The van der Waals surface area contributed by atoms with Gasteiger partial charge >= 0.3 is 12.1 Å². The van der Waals surface area contributed by atoms with Gasteiger partial charge in [0.05, 0.1) is 0 Å². The zero-order chi connectivity index (χ0) is 25.8. The first-order valence-electron chi connectivity index (χ1n) is 12.2. The number of fused-ring (bicyclic) bond motifs is 3. The van der Waals surface area contributed by atoms with Crippen LogP contribution in [-0.2, 0) is 14.3 Å². The van der Waals surface area contributed by atoms with E-state index in [0.29, 0.717) is 12.8 Å². The molecule has 3 N–H and O–H groups in total. The first-order valence-corrected chi connectivity index (χ1v) is 12.2. The molecule has 0 radical (unpaired) electrons. The van der Waals surface area contributed by atoms with Crippen LogP contribution in [-0.4, -0.2) is 41.8 Å². The SMILES string of the molecule is CCC(C)[C@H](NC(=O)C(CC(C)(C)C)NC(=O)OCC1c2ccccc2-c2ccccc21)C(=O)O. The molecule has 0 saturated heterocycles. The Morgan fingerprint density at radius 2 is 1.51 bits per heavy atom. The fourth-order valence-corrected chi connectivity index (χ4v) is 4.54. The molecule has 2 aromatic rings. The van der Waals surface area contributed by atoms with Gasteiger partial charge in [-0.25, -0.2) is 9.59 Å². The monoisotopic (exact) mass is 480 g/mol. The van der Waals surface area contributed by atoms with Crippen molar-refractivity contribution >= 4 is 18.0 Å². The van der Waals surface area contributed by atoms with Crippen LogP contribution in [0, 0.1) is 11.3 Å². The van der Waals surface area contributed by atoms with Crippen molar-refractivity contribution < 1.29 is 24.2 Å². The quantitative estimate of drug-likeness (QED) is 0.471. The van der Waals surface area contributed by atoms with Crippen molar-refractivity contribution in [2.24, 2.45) is 11.3 Å². The van der Waals surface area contributed by atoms with Crippen LogP contribution in [0.25, 0.3) is 11.1 Å². The van der Waals surface area contributed by atoms with Gasteiger partial charge in [-0.3, -0.25) is 4.79 Å². The second-order valence-corrected chi connectivity index (χ2v) is 10.5. The highest BCUT2D eigenvalue weighted by Crippen LogP contribution is 2.44. The highest BCUT2D eigenvalue weighted by atomic mass is 16.5. The average Bonchev–Trinajstić information content (AvgIpc) is 3.12. The van der Waals surface area contributed by atoms with E-state index < -0.39 is 30.1 Å². The number of amides is 2. The molecule has 3 atom stereocenters. The summed E-state index contributed by atoms with van der Waals surface area (Å²) in [7, 11) is 0. The van der Waals surface area contributed by atoms with Crippen molar-refractivity contribution in [2.45, 2.75) is 65.5 Å². The number of nitrogens with one attached hydrogen (secondary N) is 2.